The Morgan fingerprint density at radius 1 is 1.62 bits per heavy atom. The Morgan fingerprint density at radius 3 is 2.62 bits per heavy atom. The van der Waals surface area contributed by atoms with Crippen LogP contribution in [0.4, 0.5) is 0 Å². The molecule has 0 aliphatic heterocycles. The highest BCUT2D eigenvalue weighted by Gasteiger charge is 2.12. The number of hydrogen-bond acceptors (Lipinski definition) is 3. The summed E-state index contributed by atoms with van der Waals surface area (Å²) in [4.78, 5) is 4.04. The van der Waals surface area contributed by atoms with Gasteiger partial charge >= 0.3 is 0 Å². The fraction of sp³-hybridized carbons (Fsp3) is 0.875. The molecule has 5 heteroatoms. The second kappa shape index (κ2) is 6.68. The zero-order valence-electron chi connectivity index (χ0n) is 8.45. The van der Waals surface area contributed by atoms with Crippen LogP contribution in [-0.4, -0.2) is 30.4 Å². The van der Waals surface area contributed by atoms with Crippen LogP contribution in [0.5, 0.6) is 0 Å². The Morgan fingerprint density at radius 2 is 2.23 bits per heavy atom. The number of ether oxygens (including phenoxy) is 1. The van der Waals surface area contributed by atoms with E-state index in [1.165, 1.54) is 0 Å². The van der Waals surface area contributed by atoms with Gasteiger partial charge in [-0.05, 0) is 12.8 Å². The first kappa shape index (κ1) is 12.2. The first-order chi connectivity index (χ1) is 6.11. The second-order valence-electron chi connectivity index (χ2n) is 3.10. The van der Waals surface area contributed by atoms with E-state index in [0.717, 1.165) is 0 Å². The van der Waals surface area contributed by atoms with Crippen LogP contribution in [0.15, 0.2) is 4.99 Å². The van der Waals surface area contributed by atoms with Gasteiger partial charge in [-0.2, -0.15) is 0 Å². The molecule has 0 saturated heterocycles. The number of hydroxylamine groups is 1. The first-order valence-corrected chi connectivity index (χ1v) is 4.42. The van der Waals surface area contributed by atoms with Crippen molar-refractivity contribution in [1.82, 2.24) is 5.48 Å². The zero-order valence-corrected chi connectivity index (χ0v) is 8.45. The van der Waals surface area contributed by atoms with Gasteiger partial charge in [0, 0.05) is 6.61 Å². The number of nitrogens with two attached hydrogens (primary N) is 1. The Kier molecular flexibility index (Phi) is 6.26. The number of nitrogens with one attached hydrogen (secondary N) is 1. The van der Waals surface area contributed by atoms with Crippen molar-refractivity contribution in [1.29, 1.82) is 0 Å². The van der Waals surface area contributed by atoms with Crippen LogP contribution in [0.1, 0.15) is 20.8 Å². The molecule has 0 rings (SSSR count). The topological polar surface area (TPSA) is 79.9 Å². The van der Waals surface area contributed by atoms with Crippen LogP contribution in [0, 0.1) is 5.92 Å². The number of aliphatic imine (C=N–C) groups is 1. The molecule has 0 heterocycles. The lowest BCUT2D eigenvalue weighted by atomic mass is 10.1. The molecule has 0 aromatic carbocycles. The van der Waals surface area contributed by atoms with E-state index >= 15 is 0 Å². The monoisotopic (exact) mass is 189 g/mol. The van der Waals surface area contributed by atoms with E-state index in [-0.39, 0.29) is 12.0 Å². The summed E-state index contributed by atoms with van der Waals surface area (Å²) >= 11 is 0. The molecule has 13 heavy (non-hydrogen) atoms. The molecular formula is C8H19N3O2. The van der Waals surface area contributed by atoms with Gasteiger partial charge in [-0.15, -0.1) is 0 Å². The van der Waals surface area contributed by atoms with E-state index < -0.39 is 0 Å². The Hall–Kier alpha value is -0.810. The van der Waals surface area contributed by atoms with Gasteiger partial charge < -0.3 is 10.5 Å². The molecule has 0 spiro atoms. The molecule has 0 aromatic rings. The molecule has 1 atom stereocenters. The highest BCUT2D eigenvalue weighted by atomic mass is 16.5. The fourth-order valence-corrected chi connectivity index (χ4v) is 0.825. The molecule has 5 nitrogen and oxygen atoms in total. The third-order valence-electron chi connectivity index (χ3n) is 1.68. The van der Waals surface area contributed by atoms with Gasteiger partial charge in [-0.1, -0.05) is 13.8 Å². The van der Waals surface area contributed by atoms with Crippen molar-refractivity contribution < 1.29 is 9.94 Å². The van der Waals surface area contributed by atoms with E-state index in [4.69, 9.17) is 15.7 Å². The van der Waals surface area contributed by atoms with Gasteiger partial charge in [0.05, 0.1) is 12.6 Å². The van der Waals surface area contributed by atoms with Crippen LogP contribution in [0.2, 0.25) is 0 Å². The minimum Gasteiger partial charge on any atom is -0.380 e. The molecule has 0 aliphatic carbocycles. The molecule has 0 fully saturated rings. The SMILES string of the molecule is CCOCC(N=C(N)NO)C(C)C. The number of guanidine groups is 1. The summed E-state index contributed by atoms with van der Waals surface area (Å²) in [7, 11) is 0. The van der Waals surface area contributed by atoms with Crippen molar-refractivity contribution in [3.8, 4) is 0 Å². The van der Waals surface area contributed by atoms with Crippen molar-refractivity contribution in [3.05, 3.63) is 0 Å². The van der Waals surface area contributed by atoms with E-state index in [0.29, 0.717) is 19.1 Å². The summed E-state index contributed by atoms with van der Waals surface area (Å²) in [6.07, 6.45) is 0. The van der Waals surface area contributed by atoms with Gasteiger partial charge in [0.15, 0.2) is 0 Å². The summed E-state index contributed by atoms with van der Waals surface area (Å²) in [5, 5.41) is 8.44. The molecule has 78 valence electrons. The van der Waals surface area contributed by atoms with Crippen molar-refractivity contribution in [2.45, 2.75) is 26.8 Å². The van der Waals surface area contributed by atoms with Crippen molar-refractivity contribution in [3.63, 3.8) is 0 Å². The summed E-state index contributed by atoms with van der Waals surface area (Å²) in [5.74, 6) is 0.358. The van der Waals surface area contributed by atoms with Crippen LogP contribution < -0.4 is 11.2 Å². The summed E-state index contributed by atoms with van der Waals surface area (Å²) in [6, 6.07) is -0.0143. The Balaban J connectivity index is 4.09. The molecule has 0 aromatic heterocycles. The van der Waals surface area contributed by atoms with E-state index in [9.17, 15) is 0 Å². The molecule has 4 N–H and O–H groups in total. The van der Waals surface area contributed by atoms with Gasteiger partial charge in [0.1, 0.15) is 0 Å². The van der Waals surface area contributed by atoms with E-state index in [1.807, 2.05) is 20.8 Å². The molecule has 1 unspecified atom stereocenters. The predicted octanol–water partition coefficient (Wildman–Crippen LogP) is 0.341. The van der Waals surface area contributed by atoms with Crippen LogP contribution >= 0.6 is 0 Å². The van der Waals surface area contributed by atoms with Crippen molar-refractivity contribution >= 4 is 5.96 Å². The van der Waals surface area contributed by atoms with Crippen LogP contribution in [0.3, 0.4) is 0 Å². The lowest BCUT2D eigenvalue weighted by molar-refractivity contribution is 0.121. The molecule has 0 radical (unpaired) electrons. The summed E-state index contributed by atoms with van der Waals surface area (Å²) in [6.45, 7) is 7.16. The highest BCUT2D eigenvalue weighted by Crippen LogP contribution is 2.06. The second-order valence-corrected chi connectivity index (χ2v) is 3.10. The minimum absolute atomic E-state index is 0.0143. The smallest absolute Gasteiger partial charge is 0.213 e. The normalized spacial score (nSPS) is 14.7. The first-order valence-electron chi connectivity index (χ1n) is 4.42. The quantitative estimate of drug-likeness (QED) is 0.331. The lowest BCUT2D eigenvalue weighted by Crippen LogP contribution is -2.32. The van der Waals surface area contributed by atoms with Gasteiger partial charge in [0.2, 0.25) is 5.96 Å². The van der Waals surface area contributed by atoms with Crippen molar-refractivity contribution in [2.75, 3.05) is 13.2 Å². The Labute approximate surface area is 78.9 Å². The standard InChI is InChI=1S/C8H19N3O2/c1-4-13-5-7(6(2)3)10-8(9)11-12/h6-7,12H,4-5H2,1-3H3,(H3,9,10,11). The molecule has 0 saturated carbocycles. The third-order valence-corrected chi connectivity index (χ3v) is 1.68. The molecule has 0 amide bonds. The van der Waals surface area contributed by atoms with Gasteiger partial charge in [-0.25, -0.2) is 10.5 Å². The van der Waals surface area contributed by atoms with E-state index in [1.54, 1.807) is 5.48 Å². The number of hydrogen-bond donors (Lipinski definition) is 3. The molecular weight excluding hydrogens is 170 g/mol. The van der Waals surface area contributed by atoms with Gasteiger partial charge in [0.25, 0.3) is 0 Å². The van der Waals surface area contributed by atoms with Gasteiger partial charge in [-0.3, -0.25) is 5.21 Å². The van der Waals surface area contributed by atoms with Crippen LogP contribution in [-0.2, 0) is 4.74 Å². The average Bonchev–Trinajstić information content (AvgIpc) is 2.11. The predicted molar refractivity (Wildman–Crippen MR) is 51.7 cm³/mol. The fourth-order valence-electron chi connectivity index (χ4n) is 0.825. The van der Waals surface area contributed by atoms with Crippen molar-refractivity contribution in [2.24, 2.45) is 16.6 Å². The minimum atomic E-state index is -0.0143. The summed E-state index contributed by atoms with van der Waals surface area (Å²) in [5.41, 5.74) is 7.12. The van der Waals surface area contributed by atoms with E-state index in [2.05, 4.69) is 4.99 Å². The maximum absolute atomic E-state index is 8.44. The lowest BCUT2D eigenvalue weighted by Gasteiger charge is -2.16. The number of nitrogens with zero attached hydrogens (tertiary/aromatic N) is 1. The Bertz CT molecular complexity index is 159. The third kappa shape index (κ3) is 5.43. The largest absolute Gasteiger partial charge is 0.380 e. The average molecular weight is 189 g/mol. The molecule has 0 bridgehead atoms. The molecule has 0 aliphatic rings. The zero-order chi connectivity index (χ0) is 10.3. The summed E-state index contributed by atoms with van der Waals surface area (Å²) < 4.78 is 5.23. The highest BCUT2D eigenvalue weighted by molar-refractivity contribution is 5.76. The number of rotatable bonds is 5. The maximum atomic E-state index is 8.44. The maximum Gasteiger partial charge on any atom is 0.213 e. The van der Waals surface area contributed by atoms with Crippen LogP contribution in [0.25, 0.3) is 0 Å².